The zero-order valence-corrected chi connectivity index (χ0v) is 16.4. The standard InChI is InChI=1S/C21H26ClN3O2/c1-17(27-20-10-6-5-9-19(20)22)21(26)23-11-12-24-13-15-25(16-14-24)18-7-3-2-4-8-18/h2-10,17H,11-16H2,1H3,(H,23,26). The first-order valence-electron chi connectivity index (χ1n) is 9.35. The van der Waals surface area contributed by atoms with Gasteiger partial charge in [0.05, 0.1) is 5.02 Å². The molecule has 5 nitrogen and oxygen atoms in total. The highest BCUT2D eigenvalue weighted by Crippen LogP contribution is 2.24. The van der Waals surface area contributed by atoms with Crippen molar-refractivity contribution in [1.82, 2.24) is 10.2 Å². The number of anilines is 1. The summed E-state index contributed by atoms with van der Waals surface area (Å²) in [7, 11) is 0. The van der Waals surface area contributed by atoms with Gasteiger partial charge in [-0.05, 0) is 31.2 Å². The van der Waals surface area contributed by atoms with Crippen LogP contribution in [0, 0.1) is 0 Å². The normalized spacial score (nSPS) is 16.0. The van der Waals surface area contributed by atoms with Crippen LogP contribution in [-0.4, -0.2) is 56.2 Å². The van der Waals surface area contributed by atoms with Crippen LogP contribution in [0.4, 0.5) is 5.69 Å². The molecule has 2 aromatic rings. The van der Waals surface area contributed by atoms with Gasteiger partial charge >= 0.3 is 0 Å². The number of nitrogens with zero attached hydrogens (tertiary/aromatic N) is 2. The lowest BCUT2D eigenvalue weighted by Crippen LogP contribution is -2.49. The Morgan fingerprint density at radius 3 is 2.44 bits per heavy atom. The van der Waals surface area contributed by atoms with E-state index in [1.165, 1.54) is 5.69 Å². The number of halogens is 1. The molecule has 0 aromatic heterocycles. The number of hydrogen-bond donors (Lipinski definition) is 1. The maximum atomic E-state index is 12.2. The van der Waals surface area contributed by atoms with Gasteiger partial charge in [-0.15, -0.1) is 0 Å². The number of nitrogens with one attached hydrogen (secondary N) is 1. The summed E-state index contributed by atoms with van der Waals surface area (Å²) in [6.07, 6.45) is -0.583. The Morgan fingerprint density at radius 2 is 1.74 bits per heavy atom. The molecule has 2 aromatic carbocycles. The van der Waals surface area contributed by atoms with E-state index < -0.39 is 6.10 Å². The highest BCUT2D eigenvalue weighted by atomic mass is 35.5. The summed E-state index contributed by atoms with van der Waals surface area (Å²) >= 11 is 6.07. The van der Waals surface area contributed by atoms with E-state index in [0.717, 1.165) is 32.7 Å². The number of carbonyl (C=O) groups excluding carboxylic acids is 1. The lowest BCUT2D eigenvalue weighted by molar-refractivity contribution is -0.127. The fourth-order valence-corrected chi connectivity index (χ4v) is 3.31. The van der Waals surface area contributed by atoms with Gasteiger partial charge in [-0.3, -0.25) is 9.69 Å². The first-order chi connectivity index (χ1) is 13.1. The van der Waals surface area contributed by atoms with Crippen molar-refractivity contribution in [3.63, 3.8) is 0 Å². The molecule has 1 amide bonds. The molecule has 1 aliphatic heterocycles. The number of carbonyl (C=O) groups is 1. The van der Waals surface area contributed by atoms with Crippen molar-refractivity contribution >= 4 is 23.2 Å². The van der Waals surface area contributed by atoms with Gasteiger partial charge in [0.1, 0.15) is 5.75 Å². The van der Waals surface area contributed by atoms with Crippen molar-refractivity contribution in [2.24, 2.45) is 0 Å². The van der Waals surface area contributed by atoms with Crippen LogP contribution in [0.2, 0.25) is 5.02 Å². The Morgan fingerprint density at radius 1 is 1.07 bits per heavy atom. The van der Waals surface area contributed by atoms with Crippen molar-refractivity contribution < 1.29 is 9.53 Å². The van der Waals surface area contributed by atoms with E-state index in [-0.39, 0.29) is 5.91 Å². The minimum atomic E-state index is -0.583. The van der Waals surface area contributed by atoms with Crippen LogP contribution in [0.15, 0.2) is 54.6 Å². The fraction of sp³-hybridized carbons (Fsp3) is 0.381. The topological polar surface area (TPSA) is 44.8 Å². The van der Waals surface area contributed by atoms with Gasteiger partial charge in [-0.2, -0.15) is 0 Å². The number of amides is 1. The molecule has 1 atom stereocenters. The van der Waals surface area contributed by atoms with Gasteiger partial charge in [0.25, 0.3) is 5.91 Å². The van der Waals surface area contributed by atoms with Crippen molar-refractivity contribution in [3.8, 4) is 5.75 Å². The Labute approximate surface area is 165 Å². The summed E-state index contributed by atoms with van der Waals surface area (Å²) in [5, 5.41) is 3.46. The zero-order valence-electron chi connectivity index (χ0n) is 15.6. The minimum Gasteiger partial charge on any atom is -0.479 e. The predicted molar refractivity (Wildman–Crippen MR) is 110 cm³/mol. The van der Waals surface area contributed by atoms with Crippen LogP contribution in [0.25, 0.3) is 0 Å². The van der Waals surface area contributed by atoms with Crippen LogP contribution in [-0.2, 0) is 4.79 Å². The fourth-order valence-electron chi connectivity index (χ4n) is 3.13. The van der Waals surface area contributed by atoms with Gasteiger partial charge < -0.3 is 15.0 Å². The first-order valence-corrected chi connectivity index (χ1v) is 9.72. The second kappa shape index (κ2) is 9.62. The van der Waals surface area contributed by atoms with Gasteiger partial charge in [-0.25, -0.2) is 0 Å². The van der Waals surface area contributed by atoms with E-state index in [0.29, 0.717) is 17.3 Å². The number of para-hydroxylation sites is 2. The molecule has 1 N–H and O–H groups in total. The molecule has 1 fully saturated rings. The van der Waals surface area contributed by atoms with Crippen molar-refractivity contribution in [1.29, 1.82) is 0 Å². The molecule has 27 heavy (non-hydrogen) atoms. The van der Waals surface area contributed by atoms with Crippen molar-refractivity contribution in [2.75, 3.05) is 44.2 Å². The number of piperazine rings is 1. The molecule has 0 radical (unpaired) electrons. The molecule has 1 saturated heterocycles. The molecule has 0 saturated carbocycles. The molecule has 144 valence electrons. The average molecular weight is 388 g/mol. The van der Waals surface area contributed by atoms with Gasteiger partial charge in [0.15, 0.2) is 6.10 Å². The van der Waals surface area contributed by atoms with Crippen LogP contribution >= 0.6 is 11.6 Å². The molecule has 3 rings (SSSR count). The quantitative estimate of drug-likeness (QED) is 0.793. The first kappa shape index (κ1) is 19.5. The van der Waals surface area contributed by atoms with Crippen LogP contribution < -0.4 is 15.0 Å². The van der Waals surface area contributed by atoms with Crippen molar-refractivity contribution in [2.45, 2.75) is 13.0 Å². The molecule has 6 heteroatoms. The third-order valence-corrected chi connectivity index (χ3v) is 5.04. The third kappa shape index (κ3) is 5.62. The molecule has 0 aliphatic carbocycles. The molecule has 1 unspecified atom stereocenters. The maximum absolute atomic E-state index is 12.2. The highest BCUT2D eigenvalue weighted by molar-refractivity contribution is 6.32. The second-order valence-electron chi connectivity index (χ2n) is 6.65. The summed E-state index contributed by atoms with van der Waals surface area (Å²) in [5.41, 5.74) is 1.27. The minimum absolute atomic E-state index is 0.127. The summed E-state index contributed by atoms with van der Waals surface area (Å²) in [5.74, 6) is 0.400. The molecule has 1 heterocycles. The van der Waals surface area contributed by atoms with Crippen LogP contribution in [0.3, 0.4) is 0 Å². The Bertz CT molecular complexity index is 733. The molecule has 0 spiro atoms. The van der Waals surface area contributed by atoms with Gasteiger partial charge in [0.2, 0.25) is 0 Å². The van der Waals surface area contributed by atoms with E-state index in [4.69, 9.17) is 16.3 Å². The van der Waals surface area contributed by atoms with E-state index in [1.807, 2.05) is 18.2 Å². The maximum Gasteiger partial charge on any atom is 0.260 e. The van der Waals surface area contributed by atoms with Crippen LogP contribution in [0.1, 0.15) is 6.92 Å². The summed E-state index contributed by atoms with van der Waals surface area (Å²) in [4.78, 5) is 17.0. The van der Waals surface area contributed by atoms with E-state index in [1.54, 1.807) is 19.1 Å². The third-order valence-electron chi connectivity index (χ3n) is 4.73. The number of hydrogen-bond acceptors (Lipinski definition) is 4. The smallest absolute Gasteiger partial charge is 0.260 e. The van der Waals surface area contributed by atoms with E-state index in [2.05, 4.69) is 39.4 Å². The van der Waals surface area contributed by atoms with Gasteiger partial charge in [0, 0.05) is 45.0 Å². The molecular weight excluding hydrogens is 362 g/mol. The Hall–Kier alpha value is -2.24. The Kier molecular flexibility index (Phi) is 6.96. The van der Waals surface area contributed by atoms with E-state index >= 15 is 0 Å². The van der Waals surface area contributed by atoms with Crippen molar-refractivity contribution in [3.05, 3.63) is 59.6 Å². The van der Waals surface area contributed by atoms with Gasteiger partial charge in [-0.1, -0.05) is 41.9 Å². The van der Waals surface area contributed by atoms with Crippen LogP contribution in [0.5, 0.6) is 5.75 Å². The molecule has 1 aliphatic rings. The summed E-state index contributed by atoms with van der Waals surface area (Å²) < 4.78 is 5.65. The average Bonchev–Trinajstić information content (AvgIpc) is 2.71. The van der Waals surface area contributed by atoms with E-state index in [9.17, 15) is 4.79 Å². The Balaban J connectivity index is 1.36. The monoisotopic (exact) mass is 387 g/mol. The largest absolute Gasteiger partial charge is 0.479 e. The predicted octanol–water partition coefficient (Wildman–Crippen LogP) is 3.05. The highest BCUT2D eigenvalue weighted by Gasteiger charge is 2.18. The lowest BCUT2D eigenvalue weighted by atomic mass is 10.2. The summed E-state index contributed by atoms with van der Waals surface area (Å²) in [6.45, 7) is 7.19. The zero-order chi connectivity index (χ0) is 19.1. The molecular formula is C21H26ClN3O2. The number of ether oxygens (including phenoxy) is 1. The summed E-state index contributed by atoms with van der Waals surface area (Å²) in [6, 6.07) is 17.7. The second-order valence-corrected chi connectivity index (χ2v) is 7.05. The lowest BCUT2D eigenvalue weighted by Gasteiger charge is -2.36. The molecule has 0 bridgehead atoms. The number of benzene rings is 2. The SMILES string of the molecule is CC(Oc1ccccc1Cl)C(=O)NCCN1CCN(c2ccccc2)CC1. The number of rotatable bonds is 7.